The van der Waals surface area contributed by atoms with Crippen molar-refractivity contribution in [2.45, 2.75) is 32.7 Å². The van der Waals surface area contributed by atoms with Crippen molar-refractivity contribution in [1.29, 1.82) is 0 Å². The number of rotatable bonds is 0. The van der Waals surface area contributed by atoms with E-state index in [-0.39, 0.29) is 0 Å². The van der Waals surface area contributed by atoms with E-state index >= 15 is 0 Å². The van der Waals surface area contributed by atoms with Crippen molar-refractivity contribution in [2.75, 3.05) is 0 Å². The third-order valence-corrected chi connectivity index (χ3v) is 3.22. The first-order valence-electron chi connectivity index (χ1n) is 4.01. The maximum Gasteiger partial charge on any atom is 0.0738 e. The highest BCUT2D eigenvalue weighted by Gasteiger charge is 2.15. The summed E-state index contributed by atoms with van der Waals surface area (Å²) in [5.41, 5.74) is 2.51. The molecular formula is C8H11BrN2. The van der Waals surface area contributed by atoms with Gasteiger partial charge in [-0.05, 0) is 42.1 Å². The van der Waals surface area contributed by atoms with E-state index in [1.165, 1.54) is 29.4 Å². The molecule has 0 spiro atoms. The molecule has 2 nitrogen and oxygen atoms in total. The van der Waals surface area contributed by atoms with E-state index in [1.807, 2.05) is 0 Å². The summed E-state index contributed by atoms with van der Waals surface area (Å²) in [7, 11) is 0. The second-order valence-electron chi connectivity index (χ2n) is 3.03. The second-order valence-corrected chi connectivity index (χ2v) is 3.82. The lowest BCUT2D eigenvalue weighted by atomic mass is 10.1. The molecule has 0 aromatic carbocycles. The van der Waals surface area contributed by atoms with Crippen LogP contribution in [0.1, 0.15) is 24.2 Å². The van der Waals surface area contributed by atoms with E-state index in [1.54, 1.807) is 0 Å². The highest BCUT2D eigenvalue weighted by molar-refractivity contribution is 9.10. The van der Waals surface area contributed by atoms with Gasteiger partial charge in [0, 0.05) is 6.54 Å². The van der Waals surface area contributed by atoms with Crippen molar-refractivity contribution in [3.05, 3.63) is 15.9 Å². The van der Waals surface area contributed by atoms with Gasteiger partial charge in [-0.15, -0.1) is 0 Å². The number of aryl methyl sites for hydroxylation is 2. The molecule has 2 heterocycles. The molecule has 1 aliphatic heterocycles. The first-order valence-corrected chi connectivity index (χ1v) is 4.80. The molecule has 0 atom stereocenters. The summed E-state index contributed by atoms with van der Waals surface area (Å²) in [6.07, 6.45) is 3.77. The summed E-state index contributed by atoms with van der Waals surface area (Å²) in [6, 6.07) is 0. The first kappa shape index (κ1) is 7.35. The van der Waals surface area contributed by atoms with Crippen molar-refractivity contribution < 1.29 is 0 Å². The van der Waals surface area contributed by atoms with Crippen LogP contribution in [0, 0.1) is 6.92 Å². The van der Waals surface area contributed by atoms with Crippen molar-refractivity contribution in [3.8, 4) is 0 Å². The molecule has 0 amide bonds. The zero-order valence-corrected chi connectivity index (χ0v) is 8.19. The molecule has 0 unspecified atom stereocenters. The van der Waals surface area contributed by atoms with Crippen molar-refractivity contribution >= 4 is 15.9 Å². The molecule has 0 saturated heterocycles. The molecule has 0 bridgehead atoms. The molecule has 60 valence electrons. The summed E-state index contributed by atoms with van der Waals surface area (Å²) in [4.78, 5) is 0. The Bertz CT molecular complexity index is 278. The standard InChI is InChI=1S/C8H11BrN2/c1-6-8(9)7-4-2-3-5-11(7)10-6/h2-5H2,1H3. The van der Waals surface area contributed by atoms with Crippen LogP contribution < -0.4 is 0 Å². The van der Waals surface area contributed by atoms with E-state index in [4.69, 9.17) is 0 Å². The fourth-order valence-electron chi connectivity index (χ4n) is 1.59. The average Bonchev–Trinajstić information content (AvgIpc) is 2.30. The molecule has 0 saturated carbocycles. The van der Waals surface area contributed by atoms with Crippen molar-refractivity contribution in [1.82, 2.24) is 9.78 Å². The maximum absolute atomic E-state index is 4.42. The Morgan fingerprint density at radius 3 is 3.00 bits per heavy atom. The lowest BCUT2D eigenvalue weighted by molar-refractivity contribution is 0.484. The summed E-state index contributed by atoms with van der Waals surface area (Å²) in [6.45, 7) is 3.15. The minimum atomic E-state index is 1.10. The van der Waals surface area contributed by atoms with E-state index in [9.17, 15) is 0 Å². The third kappa shape index (κ3) is 1.11. The Morgan fingerprint density at radius 2 is 2.27 bits per heavy atom. The van der Waals surface area contributed by atoms with E-state index < -0.39 is 0 Å². The summed E-state index contributed by atoms with van der Waals surface area (Å²) >= 11 is 3.55. The summed E-state index contributed by atoms with van der Waals surface area (Å²) < 4.78 is 3.35. The Hall–Kier alpha value is -0.310. The minimum absolute atomic E-state index is 1.10. The van der Waals surface area contributed by atoms with Gasteiger partial charge in [-0.2, -0.15) is 5.10 Å². The normalized spacial score (nSPS) is 16.5. The largest absolute Gasteiger partial charge is 0.268 e. The van der Waals surface area contributed by atoms with Crippen LogP contribution in [0.15, 0.2) is 4.47 Å². The van der Waals surface area contributed by atoms with Gasteiger partial charge >= 0.3 is 0 Å². The number of hydrogen-bond acceptors (Lipinski definition) is 1. The summed E-state index contributed by atoms with van der Waals surface area (Å²) in [5, 5.41) is 4.42. The Kier molecular flexibility index (Phi) is 1.75. The van der Waals surface area contributed by atoms with Crippen molar-refractivity contribution in [2.24, 2.45) is 0 Å². The minimum Gasteiger partial charge on any atom is -0.268 e. The number of nitrogens with zero attached hydrogens (tertiary/aromatic N) is 2. The van der Waals surface area contributed by atoms with Gasteiger partial charge in [0.15, 0.2) is 0 Å². The van der Waals surface area contributed by atoms with Gasteiger partial charge in [0.05, 0.1) is 15.9 Å². The first-order chi connectivity index (χ1) is 5.29. The Morgan fingerprint density at radius 1 is 1.45 bits per heavy atom. The molecule has 3 heteroatoms. The van der Waals surface area contributed by atoms with Gasteiger partial charge in [0.1, 0.15) is 0 Å². The van der Waals surface area contributed by atoms with Crippen LogP contribution in [0.4, 0.5) is 0 Å². The lowest BCUT2D eigenvalue weighted by Crippen LogP contribution is -2.10. The van der Waals surface area contributed by atoms with Gasteiger partial charge < -0.3 is 0 Å². The van der Waals surface area contributed by atoms with Crippen LogP contribution in [-0.2, 0) is 13.0 Å². The van der Waals surface area contributed by atoms with Crippen LogP contribution in [-0.4, -0.2) is 9.78 Å². The molecule has 1 aromatic heterocycles. The van der Waals surface area contributed by atoms with Crippen LogP contribution in [0.5, 0.6) is 0 Å². The third-order valence-electron chi connectivity index (χ3n) is 2.19. The van der Waals surface area contributed by atoms with Crippen molar-refractivity contribution in [3.63, 3.8) is 0 Å². The van der Waals surface area contributed by atoms with Gasteiger partial charge in [-0.25, -0.2) is 0 Å². The van der Waals surface area contributed by atoms with Gasteiger partial charge in [0.2, 0.25) is 0 Å². The van der Waals surface area contributed by atoms with Crippen LogP contribution in [0.2, 0.25) is 0 Å². The molecule has 0 fully saturated rings. The Balaban J connectivity index is 2.50. The fourth-order valence-corrected chi connectivity index (χ4v) is 2.07. The predicted molar refractivity (Wildman–Crippen MR) is 47.6 cm³/mol. The van der Waals surface area contributed by atoms with Crippen LogP contribution >= 0.6 is 15.9 Å². The SMILES string of the molecule is Cc1nn2c(c1Br)CCCC2. The average molecular weight is 215 g/mol. The lowest BCUT2D eigenvalue weighted by Gasteiger charge is -2.12. The number of hydrogen-bond donors (Lipinski definition) is 0. The van der Waals surface area contributed by atoms with E-state index in [0.29, 0.717) is 0 Å². The smallest absolute Gasteiger partial charge is 0.0738 e. The summed E-state index contributed by atoms with van der Waals surface area (Å²) in [5.74, 6) is 0. The zero-order valence-electron chi connectivity index (χ0n) is 6.60. The topological polar surface area (TPSA) is 17.8 Å². The number of halogens is 1. The molecule has 1 aliphatic rings. The molecule has 0 aliphatic carbocycles. The number of fused-ring (bicyclic) bond motifs is 1. The number of aromatic nitrogens is 2. The Labute approximate surface area is 74.7 Å². The molecule has 2 rings (SSSR count). The van der Waals surface area contributed by atoms with Gasteiger partial charge in [0.25, 0.3) is 0 Å². The highest BCUT2D eigenvalue weighted by atomic mass is 79.9. The van der Waals surface area contributed by atoms with Crippen LogP contribution in [0.25, 0.3) is 0 Å². The van der Waals surface area contributed by atoms with Gasteiger partial charge in [-0.1, -0.05) is 0 Å². The maximum atomic E-state index is 4.42. The molecule has 0 N–H and O–H groups in total. The fraction of sp³-hybridized carbons (Fsp3) is 0.625. The monoisotopic (exact) mass is 214 g/mol. The predicted octanol–water partition coefficient (Wildman–Crippen LogP) is 2.29. The van der Waals surface area contributed by atoms with Crippen LogP contribution in [0.3, 0.4) is 0 Å². The molecule has 1 aromatic rings. The van der Waals surface area contributed by atoms with Gasteiger partial charge in [-0.3, -0.25) is 4.68 Å². The highest BCUT2D eigenvalue weighted by Crippen LogP contribution is 2.25. The molecule has 0 radical (unpaired) electrons. The second kappa shape index (κ2) is 2.63. The quantitative estimate of drug-likeness (QED) is 0.649. The molecular weight excluding hydrogens is 204 g/mol. The van der Waals surface area contributed by atoms with E-state index in [2.05, 4.69) is 32.6 Å². The van der Waals surface area contributed by atoms with E-state index in [0.717, 1.165) is 12.2 Å². The molecule has 11 heavy (non-hydrogen) atoms. The zero-order chi connectivity index (χ0) is 7.84.